The van der Waals surface area contributed by atoms with Crippen LogP contribution in [0.25, 0.3) is 11.3 Å². The van der Waals surface area contributed by atoms with Crippen LogP contribution in [0.15, 0.2) is 53.8 Å². The van der Waals surface area contributed by atoms with Gasteiger partial charge in [0.1, 0.15) is 29.9 Å². The van der Waals surface area contributed by atoms with Gasteiger partial charge in [-0.1, -0.05) is 12.1 Å². The third-order valence-corrected chi connectivity index (χ3v) is 9.33. The summed E-state index contributed by atoms with van der Waals surface area (Å²) in [6.07, 6.45) is 0.436. The number of benzene rings is 2. The number of piperidine rings is 1. The Bertz CT molecular complexity index is 1700. The zero-order valence-corrected chi connectivity index (χ0v) is 24.8. The molecule has 3 aliphatic heterocycles. The Morgan fingerprint density at radius 3 is 2.36 bits per heavy atom. The summed E-state index contributed by atoms with van der Waals surface area (Å²) in [6.45, 7) is 2.96. The van der Waals surface area contributed by atoms with Crippen LogP contribution < -0.4 is 14.8 Å². The van der Waals surface area contributed by atoms with Crippen LogP contribution in [0, 0.1) is 11.3 Å². The number of alkyl halides is 2. The number of fused-ring (bicyclic) bond motifs is 1. The van der Waals surface area contributed by atoms with Gasteiger partial charge in [-0.15, -0.1) is 0 Å². The fourth-order valence-electron chi connectivity index (χ4n) is 5.87. The van der Waals surface area contributed by atoms with Crippen molar-refractivity contribution in [2.24, 2.45) is 10.1 Å². The third kappa shape index (κ3) is 6.56. The number of hydrogen-bond donors (Lipinski definition) is 1. The maximum absolute atomic E-state index is 12.7. The lowest BCUT2D eigenvalue weighted by Gasteiger charge is -2.36. The maximum atomic E-state index is 12.7. The first-order valence-electron chi connectivity index (χ1n) is 14.4. The van der Waals surface area contributed by atoms with Gasteiger partial charge < -0.3 is 9.64 Å². The highest BCUT2D eigenvalue weighted by Crippen LogP contribution is 2.37. The lowest BCUT2D eigenvalue weighted by atomic mass is 10.0. The number of anilines is 1. The SMILES string of the molecule is N#Cc1cc(-c2ncnc3c2N=C(c2ccc(N4CCN(CC(F)F)CC4)cc2)C3)ccc1OC1CCN(S(N)(=O)=O)CC1. The zero-order chi connectivity index (χ0) is 30.8. The number of piperazine rings is 1. The molecule has 0 radical (unpaired) electrons. The van der Waals surface area contributed by atoms with Crippen molar-refractivity contribution in [2.45, 2.75) is 31.8 Å². The highest BCUT2D eigenvalue weighted by atomic mass is 32.2. The van der Waals surface area contributed by atoms with E-state index in [0.29, 0.717) is 73.7 Å². The molecule has 2 fully saturated rings. The van der Waals surface area contributed by atoms with Crippen molar-refractivity contribution >= 4 is 27.3 Å². The molecular weight excluding hydrogens is 590 g/mol. The average molecular weight is 623 g/mol. The van der Waals surface area contributed by atoms with E-state index in [0.717, 1.165) is 22.7 Å². The van der Waals surface area contributed by atoms with Crippen molar-refractivity contribution in [1.82, 2.24) is 19.2 Å². The molecule has 2 N–H and O–H groups in total. The second-order valence-electron chi connectivity index (χ2n) is 11.1. The Morgan fingerprint density at radius 1 is 1.00 bits per heavy atom. The van der Waals surface area contributed by atoms with Crippen LogP contribution in [0.1, 0.15) is 29.7 Å². The molecule has 1 aromatic heterocycles. The lowest BCUT2D eigenvalue weighted by molar-refractivity contribution is 0.0854. The molecule has 6 rings (SSSR count). The summed E-state index contributed by atoms with van der Waals surface area (Å²) in [5, 5.41) is 15.1. The smallest absolute Gasteiger partial charge is 0.276 e. The quantitative estimate of drug-likeness (QED) is 0.404. The Kier molecular flexibility index (Phi) is 8.55. The van der Waals surface area contributed by atoms with Crippen molar-refractivity contribution in [3.8, 4) is 23.1 Å². The Morgan fingerprint density at radius 2 is 1.70 bits per heavy atom. The zero-order valence-electron chi connectivity index (χ0n) is 23.9. The molecule has 44 heavy (non-hydrogen) atoms. The average Bonchev–Trinajstić information content (AvgIpc) is 3.46. The topological polar surface area (TPSA) is 141 Å². The first-order chi connectivity index (χ1) is 21.2. The standard InChI is InChI=1S/C30H32F2N8O3S/c31-28(32)18-38-11-13-39(14-12-38)23-4-1-20(2-5-23)25-16-26-30(37-25)29(36-19-35-26)21-3-6-27(22(15-21)17-33)43-24-7-9-40(10-8-24)44(34,41)42/h1-6,15,19,24,28H,7-14,16,18H2,(H2,34,41,42). The molecule has 0 unspecified atom stereocenters. The molecule has 11 nitrogen and oxygen atoms in total. The number of rotatable bonds is 8. The number of nitrogens with zero attached hydrogens (tertiary/aromatic N) is 7. The highest BCUT2D eigenvalue weighted by Gasteiger charge is 2.28. The molecule has 0 aliphatic carbocycles. The molecule has 2 saturated heterocycles. The number of aromatic nitrogens is 2. The number of hydrogen-bond acceptors (Lipinski definition) is 9. The second-order valence-corrected chi connectivity index (χ2v) is 12.6. The molecule has 2 aromatic carbocycles. The minimum atomic E-state index is -3.73. The number of ether oxygens (including phenoxy) is 1. The summed E-state index contributed by atoms with van der Waals surface area (Å²) in [5.41, 5.74) is 6.00. The van der Waals surface area contributed by atoms with E-state index in [1.54, 1.807) is 17.0 Å². The van der Waals surface area contributed by atoms with Crippen LogP contribution in [0.5, 0.6) is 5.75 Å². The third-order valence-electron chi connectivity index (χ3n) is 8.24. The molecule has 0 atom stereocenters. The first-order valence-corrected chi connectivity index (χ1v) is 15.9. The van der Waals surface area contributed by atoms with Gasteiger partial charge in [0, 0.05) is 56.9 Å². The highest BCUT2D eigenvalue weighted by molar-refractivity contribution is 7.86. The summed E-state index contributed by atoms with van der Waals surface area (Å²) in [7, 11) is -3.73. The van der Waals surface area contributed by atoms with Gasteiger partial charge in [0.2, 0.25) is 0 Å². The van der Waals surface area contributed by atoms with Gasteiger partial charge in [-0.25, -0.2) is 28.9 Å². The van der Waals surface area contributed by atoms with Crippen LogP contribution >= 0.6 is 0 Å². The molecule has 3 aliphatic rings. The lowest BCUT2D eigenvalue weighted by Crippen LogP contribution is -2.47. The van der Waals surface area contributed by atoms with Gasteiger partial charge >= 0.3 is 0 Å². The Labute approximate surface area is 254 Å². The van der Waals surface area contributed by atoms with E-state index >= 15 is 0 Å². The van der Waals surface area contributed by atoms with E-state index in [1.807, 2.05) is 30.3 Å². The summed E-state index contributed by atoms with van der Waals surface area (Å²) < 4.78 is 55.9. The molecule has 0 saturated carbocycles. The molecular formula is C30H32F2N8O3S. The van der Waals surface area contributed by atoms with E-state index in [-0.39, 0.29) is 25.7 Å². The first kappa shape index (κ1) is 30.0. The predicted octanol–water partition coefficient (Wildman–Crippen LogP) is 3.13. The Balaban J connectivity index is 1.15. The van der Waals surface area contributed by atoms with Crippen LogP contribution in [-0.4, -0.2) is 91.6 Å². The van der Waals surface area contributed by atoms with Crippen molar-refractivity contribution in [3.63, 3.8) is 0 Å². The van der Waals surface area contributed by atoms with E-state index in [9.17, 15) is 22.5 Å². The van der Waals surface area contributed by atoms with Crippen LogP contribution in [0.4, 0.5) is 20.2 Å². The van der Waals surface area contributed by atoms with Gasteiger partial charge in [-0.2, -0.15) is 18.0 Å². The number of aliphatic imine (C=N–C) groups is 1. The van der Waals surface area contributed by atoms with E-state index in [4.69, 9.17) is 14.9 Å². The van der Waals surface area contributed by atoms with E-state index < -0.39 is 16.6 Å². The van der Waals surface area contributed by atoms with Crippen molar-refractivity contribution < 1.29 is 21.9 Å². The van der Waals surface area contributed by atoms with Crippen molar-refractivity contribution in [1.29, 1.82) is 5.26 Å². The number of nitriles is 1. The van der Waals surface area contributed by atoms with Crippen LogP contribution in [0.3, 0.4) is 0 Å². The maximum Gasteiger partial charge on any atom is 0.276 e. The molecule has 0 spiro atoms. The normalized spacial score (nSPS) is 18.2. The number of halogens is 2. The van der Waals surface area contributed by atoms with E-state index in [2.05, 4.69) is 20.9 Å². The van der Waals surface area contributed by atoms with Crippen LogP contribution in [0.2, 0.25) is 0 Å². The van der Waals surface area contributed by atoms with Crippen molar-refractivity contribution in [2.75, 3.05) is 50.7 Å². The van der Waals surface area contributed by atoms with Gasteiger partial charge in [-0.05, 0) is 48.7 Å². The predicted molar refractivity (Wildman–Crippen MR) is 162 cm³/mol. The summed E-state index contributed by atoms with van der Waals surface area (Å²) in [4.78, 5) is 17.9. The summed E-state index contributed by atoms with van der Waals surface area (Å²) in [6, 6.07) is 15.6. The summed E-state index contributed by atoms with van der Waals surface area (Å²) in [5.74, 6) is 0.427. The molecule has 4 heterocycles. The Hall–Kier alpha value is -4.03. The molecule has 230 valence electrons. The number of nitrogens with two attached hydrogens (primary N) is 1. The fraction of sp³-hybridized carbons (Fsp3) is 0.400. The molecule has 0 bridgehead atoms. The summed E-state index contributed by atoms with van der Waals surface area (Å²) >= 11 is 0. The molecule has 0 amide bonds. The fourth-order valence-corrected chi connectivity index (χ4v) is 6.59. The molecule has 3 aromatic rings. The second kappa shape index (κ2) is 12.5. The van der Waals surface area contributed by atoms with Gasteiger partial charge in [0.25, 0.3) is 16.6 Å². The monoisotopic (exact) mass is 622 g/mol. The van der Waals surface area contributed by atoms with Crippen molar-refractivity contribution in [3.05, 3.63) is 65.6 Å². The van der Waals surface area contributed by atoms with Gasteiger partial charge in [0.05, 0.1) is 29.2 Å². The van der Waals surface area contributed by atoms with E-state index in [1.165, 1.54) is 10.6 Å². The largest absolute Gasteiger partial charge is 0.489 e. The van der Waals surface area contributed by atoms with Gasteiger partial charge in [-0.3, -0.25) is 4.90 Å². The van der Waals surface area contributed by atoms with Gasteiger partial charge in [0.15, 0.2) is 0 Å². The molecule has 14 heteroatoms. The van der Waals surface area contributed by atoms with Crippen LogP contribution in [-0.2, 0) is 16.6 Å². The minimum absolute atomic E-state index is 0.182. The minimum Gasteiger partial charge on any atom is -0.489 e.